The maximum atomic E-state index is 5.52. The summed E-state index contributed by atoms with van der Waals surface area (Å²) >= 11 is 5.52. The minimum atomic E-state index is 0.769. The van der Waals surface area contributed by atoms with E-state index in [1.807, 2.05) is 0 Å². The van der Waals surface area contributed by atoms with E-state index in [2.05, 4.69) is 24.3 Å². The van der Waals surface area contributed by atoms with Crippen LogP contribution in [0.1, 0.15) is 12.0 Å². The minimum absolute atomic E-state index is 0.769. The van der Waals surface area contributed by atoms with Gasteiger partial charge in [-0.15, -0.1) is 11.6 Å². The molecule has 0 spiro atoms. The number of halogens is 1. The third-order valence-electron chi connectivity index (χ3n) is 1.33. The highest BCUT2D eigenvalue weighted by Gasteiger charge is 1.81. The van der Waals surface area contributed by atoms with Gasteiger partial charge in [0.15, 0.2) is 0 Å². The Hall–Kier alpha value is -0.360. The number of alkyl halides is 1. The van der Waals surface area contributed by atoms with Crippen molar-refractivity contribution in [3.05, 3.63) is 29.8 Å². The Morgan fingerprint density at radius 3 is 3.00 bits per heavy atom. The molecule has 0 aliphatic carbocycles. The lowest BCUT2D eigenvalue weighted by Gasteiger charge is -1.98. The maximum Gasteiger partial charge on any atom is 0.0216 e. The largest absolute Gasteiger partial charge is 0.211 e. The molecule has 0 aliphatic heterocycles. The third kappa shape index (κ3) is 2.15. The second-order valence-electron chi connectivity index (χ2n) is 2.09. The molecule has 1 aromatic rings. The van der Waals surface area contributed by atoms with Gasteiger partial charge in [0.1, 0.15) is 0 Å². The topological polar surface area (TPSA) is 0 Å². The molecule has 0 nitrogen and oxygen atoms in total. The number of aryl methyl sites for hydroxylation is 1. The van der Waals surface area contributed by atoms with Crippen LogP contribution in [0, 0.1) is 0 Å². The normalized spacial score (nSPS) is 9.89. The molecule has 0 atom stereocenters. The molecule has 9 heavy (non-hydrogen) atoms. The maximum absolute atomic E-state index is 5.52. The predicted molar refractivity (Wildman–Crippen MR) is 41.1 cm³/mol. The van der Waals surface area contributed by atoms with Gasteiger partial charge >= 0.3 is 0 Å². The zero-order valence-corrected chi connectivity index (χ0v) is 6.06. The molecule has 1 aromatic carbocycles. The average molecular weight is 142 g/mol. The van der Waals surface area contributed by atoms with Crippen LogP contribution in [0.3, 0.4) is 0 Å². The lowest BCUT2D eigenvalue weighted by Crippen LogP contribution is -1.80. The molecule has 1 heteroatoms. The molecule has 0 heterocycles. The monoisotopic (exact) mass is 141 g/mol. The smallest absolute Gasteiger partial charge is 0.0216 e. The van der Waals surface area contributed by atoms with Gasteiger partial charge < -0.3 is 0 Å². The van der Waals surface area contributed by atoms with Gasteiger partial charge in [0.2, 0.25) is 0 Å². The first-order valence-electron chi connectivity index (χ1n) is 3.20. The fourth-order valence-corrected chi connectivity index (χ4v) is 0.985. The van der Waals surface area contributed by atoms with Crippen LogP contribution in [0.15, 0.2) is 24.3 Å². The Morgan fingerprint density at radius 2 is 2.44 bits per heavy atom. The summed E-state index contributed by atoms with van der Waals surface area (Å²) in [6, 6.07) is 8.38. The number of hydrogen-bond acceptors (Lipinski definition) is 0. The van der Waals surface area contributed by atoms with E-state index in [4.69, 9.17) is 11.6 Å². The van der Waals surface area contributed by atoms with E-state index < -0.39 is 0 Å². The molecule has 0 amide bonds. The number of rotatable bonds is 3. The quantitative estimate of drug-likeness (QED) is 0.449. The van der Waals surface area contributed by atoms with Crippen molar-refractivity contribution in [3.63, 3.8) is 0 Å². The van der Waals surface area contributed by atoms with E-state index >= 15 is 0 Å². The van der Waals surface area contributed by atoms with Crippen LogP contribution in [0.2, 0.25) is 0 Å². The van der Waals surface area contributed by atoms with Crippen molar-refractivity contribution in [2.75, 3.05) is 5.88 Å². The van der Waals surface area contributed by atoms with Gasteiger partial charge in [-0.25, -0.2) is 6.07 Å². The Labute approximate surface area is 60.8 Å². The van der Waals surface area contributed by atoms with Crippen molar-refractivity contribution in [2.24, 2.45) is 0 Å². The highest BCUT2D eigenvalue weighted by Crippen LogP contribution is 2.03. The molecular formula is C8H10Cl-. The molecule has 50 valence electrons. The average Bonchev–Trinajstić information content (AvgIpc) is 2.34. The van der Waals surface area contributed by atoms with Gasteiger partial charge in [-0.3, -0.25) is 0 Å². The second-order valence-corrected chi connectivity index (χ2v) is 2.46. The van der Waals surface area contributed by atoms with Crippen LogP contribution in [0.5, 0.6) is 0 Å². The summed E-state index contributed by atoms with van der Waals surface area (Å²) in [4.78, 5) is 0. The van der Waals surface area contributed by atoms with Gasteiger partial charge in [-0.2, -0.15) is 23.8 Å². The minimum Gasteiger partial charge on any atom is -0.211 e. The zero-order chi connectivity index (χ0) is 6.53. The summed E-state index contributed by atoms with van der Waals surface area (Å²) < 4.78 is 0. The summed E-state index contributed by atoms with van der Waals surface area (Å²) in [5.41, 5.74) is 1.40. The molecule has 0 saturated heterocycles. The van der Waals surface area contributed by atoms with Gasteiger partial charge in [0.05, 0.1) is 0 Å². The Bertz CT molecular complexity index is 142. The molecule has 0 fully saturated rings. The molecule has 0 unspecified atom stereocenters. The first-order chi connectivity index (χ1) is 4.43. The van der Waals surface area contributed by atoms with Gasteiger partial charge in [0, 0.05) is 5.88 Å². The highest BCUT2D eigenvalue weighted by atomic mass is 35.5. The summed E-state index contributed by atoms with van der Waals surface area (Å²) in [6.07, 6.45) is 2.21. The lowest BCUT2D eigenvalue weighted by atomic mass is 10.2. The Kier molecular flexibility index (Phi) is 2.72. The van der Waals surface area contributed by atoms with E-state index in [0.29, 0.717) is 0 Å². The lowest BCUT2D eigenvalue weighted by molar-refractivity contribution is 0.933. The summed E-state index contributed by atoms with van der Waals surface area (Å²) in [7, 11) is 0. The molecule has 0 saturated carbocycles. The first kappa shape index (κ1) is 6.76. The van der Waals surface area contributed by atoms with Crippen molar-refractivity contribution >= 4 is 11.6 Å². The van der Waals surface area contributed by atoms with E-state index in [1.165, 1.54) is 5.56 Å². The molecule has 0 radical (unpaired) electrons. The van der Waals surface area contributed by atoms with Crippen molar-refractivity contribution in [2.45, 2.75) is 12.8 Å². The van der Waals surface area contributed by atoms with Gasteiger partial charge in [0.25, 0.3) is 0 Å². The van der Waals surface area contributed by atoms with E-state index in [1.54, 1.807) is 0 Å². The van der Waals surface area contributed by atoms with Crippen LogP contribution in [0.25, 0.3) is 0 Å². The van der Waals surface area contributed by atoms with Crippen LogP contribution < -0.4 is 0 Å². The first-order valence-corrected chi connectivity index (χ1v) is 3.73. The van der Waals surface area contributed by atoms with Crippen molar-refractivity contribution in [1.82, 2.24) is 0 Å². The third-order valence-corrected chi connectivity index (χ3v) is 1.60. The van der Waals surface area contributed by atoms with E-state index in [9.17, 15) is 0 Å². The van der Waals surface area contributed by atoms with E-state index in [0.717, 1.165) is 18.7 Å². The summed E-state index contributed by atoms with van der Waals surface area (Å²) in [5.74, 6) is 0.769. The fourth-order valence-electron chi connectivity index (χ4n) is 0.851. The highest BCUT2D eigenvalue weighted by molar-refractivity contribution is 6.17. The van der Waals surface area contributed by atoms with Gasteiger partial charge in [-0.1, -0.05) is 6.42 Å². The van der Waals surface area contributed by atoms with Crippen LogP contribution in [-0.2, 0) is 6.42 Å². The second kappa shape index (κ2) is 3.62. The van der Waals surface area contributed by atoms with E-state index in [-0.39, 0.29) is 0 Å². The molecule has 0 aromatic heterocycles. The standard InChI is InChI=1S/C8H10Cl/c9-7-3-6-8-4-1-2-5-8/h1-2,4-5H,3,6-7H2/q-1. The van der Waals surface area contributed by atoms with Gasteiger partial charge in [-0.05, 0) is 6.42 Å². The summed E-state index contributed by atoms with van der Waals surface area (Å²) in [6.45, 7) is 0. The molecule has 0 aliphatic rings. The Balaban J connectivity index is 2.30. The van der Waals surface area contributed by atoms with Crippen LogP contribution in [-0.4, -0.2) is 5.88 Å². The molecule has 0 bridgehead atoms. The van der Waals surface area contributed by atoms with Crippen LogP contribution >= 0.6 is 11.6 Å². The van der Waals surface area contributed by atoms with Crippen molar-refractivity contribution < 1.29 is 0 Å². The van der Waals surface area contributed by atoms with Crippen molar-refractivity contribution in [1.29, 1.82) is 0 Å². The van der Waals surface area contributed by atoms with Crippen molar-refractivity contribution in [3.8, 4) is 0 Å². The predicted octanol–water partition coefficient (Wildman–Crippen LogP) is 2.58. The SMILES string of the molecule is ClCCCc1cc[cH-]c1. The number of hydrogen-bond donors (Lipinski definition) is 0. The zero-order valence-electron chi connectivity index (χ0n) is 5.31. The fraction of sp³-hybridized carbons (Fsp3) is 0.375. The molecule has 0 N–H and O–H groups in total. The van der Waals surface area contributed by atoms with Crippen LogP contribution in [0.4, 0.5) is 0 Å². The Morgan fingerprint density at radius 1 is 1.56 bits per heavy atom. The summed E-state index contributed by atoms with van der Waals surface area (Å²) in [5, 5.41) is 0. The molecular weight excluding hydrogens is 132 g/mol. The molecule has 1 rings (SSSR count).